The molecule has 31 heavy (non-hydrogen) atoms. The summed E-state index contributed by atoms with van der Waals surface area (Å²) in [6, 6.07) is 13.0. The maximum absolute atomic E-state index is 13.2. The van der Waals surface area contributed by atoms with Crippen LogP contribution in [0.5, 0.6) is 0 Å². The Labute approximate surface area is 195 Å². The average Bonchev–Trinajstić information content (AvgIpc) is 3.29. The lowest BCUT2D eigenvalue weighted by atomic mass is 9.87. The first kappa shape index (κ1) is 22.0. The van der Waals surface area contributed by atoms with E-state index in [0.717, 1.165) is 33.8 Å². The van der Waals surface area contributed by atoms with Crippen LogP contribution in [0.1, 0.15) is 29.0 Å². The first-order valence-corrected chi connectivity index (χ1v) is 11.8. The lowest BCUT2D eigenvalue weighted by Crippen LogP contribution is -2.46. The molecule has 2 N–H and O–H groups in total. The fourth-order valence-corrected chi connectivity index (χ4v) is 5.55. The van der Waals surface area contributed by atoms with Crippen LogP contribution in [0, 0.1) is 5.92 Å². The molecule has 0 spiro atoms. The second kappa shape index (κ2) is 9.09. The molecule has 1 amide bonds. The average molecular weight is 501 g/mol. The Kier molecular flexibility index (Phi) is 6.44. The summed E-state index contributed by atoms with van der Waals surface area (Å²) in [5.74, 6) is -1.24. The Morgan fingerprint density at radius 1 is 1.29 bits per heavy atom. The predicted octanol–water partition coefficient (Wildman–Crippen LogP) is 4.33. The number of carboxylic acid groups (broad SMARTS) is 1. The monoisotopic (exact) mass is 500 g/mol. The van der Waals surface area contributed by atoms with E-state index in [9.17, 15) is 14.7 Å². The zero-order chi connectivity index (χ0) is 22.1. The van der Waals surface area contributed by atoms with Gasteiger partial charge >= 0.3 is 5.97 Å². The van der Waals surface area contributed by atoms with E-state index in [0.29, 0.717) is 5.75 Å². The summed E-state index contributed by atoms with van der Waals surface area (Å²) >= 11 is 7.95. The molecule has 7 heteroatoms. The van der Waals surface area contributed by atoms with Crippen LogP contribution in [0.25, 0.3) is 10.9 Å². The summed E-state index contributed by atoms with van der Waals surface area (Å²) in [6.45, 7) is 0. The SMILES string of the molecule is Cn1cc(C[C@H](NC(=O)[C@@H](CS)[C@H]2CCc3cc(Br)ccc32)C(=O)O)c2ccccc21. The molecule has 3 aromatic rings. The summed E-state index contributed by atoms with van der Waals surface area (Å²) in [5.41, 5.74) is 4.35. The van der Waals surface area contributed by atoms with Crippen LogP contribution in [0.15, 0.2) is 53.1 Å². The number of aromatic nitrogens is 1. The van der Waals surface area contributed by atoms with E-state index in [2.05, 4.69) is 46.0 Å². The molecule has 0 aliphatic heterocycles. The molecule has 2 aromatic carbocycles. The van der Waals surface area contributed by atoms with E-state index < -0.39 is 12.0 Å². The maximum Gasteiger partial charge on any atom is 0.326 e. The molecule has 0 fully saturated rings. The van der Waals surface area contributed by atoms with Crippen molar-refractivity contribution in [3.8, 4) is 0 Å². The van der Waals surface area contributed by atoms with Gasteiger partial charge in [0.15, 0.2) is 0 Å². The quantitative estimate of drug-likeness (QED) is 0.422. The number of nitrogens with zero attached hydrogens (tertiary/aromatic N) is 1. The second-order valence-electron chi connectivity index (χ2n) is 8.16. The number of carboxylic acids is 1. The van der Waals surface area contributed by atoms with Gasteiger partial charge < -0.3 is 15.0 Å². The van der Waals surface area contributed by atoms with Gasteiger partial charge in [-0.05, 0) is 53.6 Å². The zero-order valence-corrected chi connectivity index (χ0v) is 19.7. The minimum atomic E-state index is -1.03. The van der Waals surface area contributed by atoms with Crippen molar-refractivity contribution in [1.29, 1.82) is 0 Å². The largest absolute Gasteiger partial charge is 0.480 e. The van der Waals surface area contributed by atoms with Gasteiger partial charge in [-0.25, -0.2) is 4.79 Å². The predicted molar refractivity (Wildman–Crippen MR) is 129 cm³/mol. The van der Waals surface area contributed by atoms with E-state index in [1.165, 1.54) is 11.1 Å². The number of para-hydroxylation sites is 1. The lowest BCUT2D eigenvalue weighted by molar-refractivity contribution is -0.142. The Hall–Kier alpha value is -2.25. The van der Waals surface area contributed by atoms with Crippen molar-refractivity contribution in [2.24, 2.45) is 13.0 Å². The van der Waals surface area contributed by atoms with Gasteiger partial charge in [0.1, 0.15) is 6.04 Å². The smallest absolute Gasteiger partial charge is 0.326 e. The first-order chi connectivity index (χ1) is 14.9. The van der Waals surface area contributed by atoms with Crippen LogP contribution >= 0.6 is 28.6 Å². The van der Waals surface area contributed by atoms with Crippen molar-refractivity contribution in [3.05, 3.63) is 69.8 Å². The summed E-state index contributed by atoms with van der Waals surface area (Å²) in [5, 5.41) is 13.6. The Morgan fingerprint density at radius 3 is 2.81 bits per heavy atom. The van der Waals surface area contributed by atoms with Crippen molar-refractivity contribution in [1.82, 2.24) is 9.88 Å². The Balaban J connectivity index is 1.54. The van der Waals surface area contributed by atoms with Gasteiger partial charge in [-0.3, -0.25) is 4.79 Å². The van der Waals surface area contributed by atoms with Crippen molar-refractivity contribution in [2.45, 2.75) is 31.2 Å². The van der Waals surface area contributed by atoms with Crippen LogP contribution < -0.4 is 5.32 Å². The summed E-state index contributed by atoms with van der Waals surface area (Å²) < 4.78 is 3.01. The van der Waals surface area contributed by atoms with E-state index in [1.54, 1.807) is 0 Å². The van der Waals surface area contributed by atoms with Crippen molar-refractivity contribution < 1.29 is 14.7 Å². The number of carbonyl (C=O) groups excluding carboxylic acids is 1. The molecule has 0 radical (unpaired) electrons. The molecule has 0 unspecified atom stereocenters. The molecule has 4 rings (SSSR count). The molecular weight excluding hydrogens is 476 g/mol. The molecule has 3 atom stereocenters. The van der Waals surface area contributed by atoms with E-state index in [-0.39, 0.29) is 24.2 Å². The number of amides is 1. The van der Waals surface area contributed by atoms with Gasteiger partial charge in [0.05, 0.1) is 5.92 Å². The van der Waals surface area contributed by atoms with Crippen LogP contribution in [-0.4, -0.2) is 33.3 Å². The van der Waals surface area contributed by atoms with Crippen molar-refractivity contribution >= 4 is 51.3 Å². The first-order valence-electron chi connectivity index (χ1n) is 10.3. The molecule has 0 saturated carbocycles. The zero-order valence-electron chi connectivity index (χ0n) is 17.2. The fraction of sp³-hybridized carbons (Fsp3) is 0.333. The molecule has 1 heterocycles. The van der Waals surface area contributed by atoms with Gasteiger partial charge in [-0.2, -0.15) is 12.6 Å². The molecule has 0 bridgehead atoms. The second-order valence-corrected chi connectivity index (χ2v) is 9.44. The van der Waals surface area contributed by atoms with E-state index in [1.807, 2.05) is 48.1 Å². The molecule has 162 valence electrons. The number of nitrogens with one attached hydrogen (secondary N) is 1. The highest BCUT2D eigenvalue weighted by atomic mass is 79.9. The highest BCUT2D eigenvalue weighted by molar-refractivity contribution is 9.10. The van der Waals surface area contributed by atoms with E-state index >= 15 is 0 Å². The number of aliphatic carboxylic acids is 1. The van der Waals surface area contributed by atoms with Crippen molar-refractivity contribution in [3.63, 3.8) is 0 Å². The van der Waals surface area contributed by atoms with E-state index in [4.69, 9.17) is 0 Å². The van der Waals surface area contributed by atoms with Crippen LogP contribution in [0.4, 0.5) is 0 Å². The normalized spacial score (nSPS) is 17.3. The molecule has 0 saturated heterocycles. The molecular formula is C24H25BrN2O3S. The van der Waals surface area contributed by atoms with Crippen LogP contribution in [0.3, 0.4) is 0 Å². The molecule has 1 aliphatic carbocycles. The molecule has 5 nitrogen and oxygen atoms in total. The van der Waals surface area contributed by atoms with Gasteiger partial charge in [0.2, 0.25) is 5.91 Å². The van der Waals surface area contributed by atoms with Crippen LogP contribution in [-0.2, 0) is 29.5 Å². The number of rotatable bonds is 7. The summed E-state index contributed by atoms with van der Waals surface area (Å²) in [6.07, 6.45) is 3.95. The Bertz CT molecular complexity index is 1140. The minimum Gasteiger partial charge on any atom is -0.480 e. The highest BCUT2D eigenvalue weighted by Gasteiger charge is 2.35. The summed E-state index contributed by atoms with van der Waals surface area (Å²) in [4.78, 5) is 25.2. The number of benzene rings is 2. The Morgan fingerprint density at radius 2 is 2.06 bits per heavy atom. The minimum absolute atomic E-state index is 0.0487. The molecule has 1 aliphatic rings. The van der Waals surface area contributed by atoms with Crippen molar-refractivity contribution in [2.75, 3.05) is 5.75 Å². The van der Waals surface area contributed by atoms with Gasteiger partial charge in [-0.15, -0.1) is 0 Å². The number of hydrogen-bond acceptors (Lipinski definition) is 3. The molecule has 1 aromatic heterocycles. The number of thiol groups is 1. The van der Waals surface area contributed by atoms with Gasteiger partial charge in [0.25, 0.3) is 0 Å². The number of carbonyl (C=O) groups is 2. The number of halogens is 1. The summed E-state index contributed by atoms with van der Waals surface area (Å²) in [7, 11) is 1.94. The topological polar surface area (TPSA) is 71.3 Å². The number of aryl methyl sites for hydroxylation is 2. The standard InChI is InChI=1S/C24H25BrN2O3S/c1-27-12-15(18-4-2-3-5-22(18)27)11-21(24(29)30)26-23(28)20(13-31)19-8-6-14-10-16(25)7-9-17(14)19/h2-5,7,9-10,12,19-21,31H,6,8,11,13H2,1H3,(H,26,28)(H,29,30)/t19-,20-,21-/m0/s1. The maximum atomic E-state index is 13.2. The highest BCUT2D eigenvalue weighted by Crippen LogP contribution is 2.40. The third kappa shape index (κ3) is 4.39. The third-order valence-corrected chi connectivity index (χ3v) is 7.15. The van der Waals surface area contributed by atoms with Gasteiger partial charge in [0, 0.05) is 40.8 Å². The lowest BCUT2D eigenvalue weighted by Gasteiger charge is -2.24. The number of fused-ring (bicyclic) bond motifs is 2. The number of hydrogen-bond donors (Lipinski definition) is 3. The fourth-order valence-electron chi connectivity index (χ4n) is 4.72. The third-order valence-electron chi connectivity index (χ3n) is 6.27. The van der Waals surface area contributed by atoms with Gasteiger partial charge in [-0.1, -0.05) is 40.2 Å². The van der Waals surface area contributed by atoms with Crippen LogP contribution in [0.2, 0.25) is 0 Å².